The number of carbonyl (C=O) groups excluding carboxylic acids is 1. The van der Waals surface area contributed by atoms with Gasteiger partial charge in [-0.1, -0.05) is 52.2 Å². The third-order valence-corrected chi connectivity index (χ3v) is 7.23. The molecule has 2 aromatic carbocycles. The molecule has 0 saturated carbocycles. The van der Waals surface area contributed by atoms with Crippen LogP contribution in [0.25, 0.3) is 20.3 Å². The molecule has 0 bridgehead atoms. The number of rotatable bonds is 3. The van der Waals surface area contributed by atoms with Gasteiger partial charge in [0.25, 0.3) is 5.91 Å². The van der Waals surface area contributed by atoms with Crippen LogP contribution in [0, 0.1) is 0 Å². The van der Waals surface area contributed by atoms with Crippen molar-refractivity contribution in [2.45, 2.75) is 0 Å². The van der Waals surface area contributed by atoms with E-state index in [0.29, 0.717) is 36.3 Å². The van der Waals surface area contributed by atoms with Gasteiger partial charge in [-0.2, -0.15) is 0 Å². The molecule has 4 aromatic rings. The molecule has 0 saturated heterocycles. The molecule has 0 spiro atoms. The number of benzene rings is 2. The number of nitrogens with zero attached hydrogens (tertiary/aromatic N) is 1. The molecule has 4 rings (SSSR count). The van der Waals surface area contributed by atoms with Crippen molar-refractivity contribution in [1.82, 2.24) is 10.3 Å². The van der Waals surface area contributed by atoms with Gasteiger partial charge in [0, 0.05) is 21.2 Å². The number of thiophene rings is 1. The number of anilines is 1. The number of aromatic nitrogens is 1. The van der Waals surface area contributed by atoms with E-state index in [9.17, 15) is 4.79 Å². The molecule has 2 N–H and O–H groups in total. The van der Waals surface area contributed by atoms with E-state index in [-0.39, 0.29) is 5.11 Å². The van der Waals surface area contributed by atoms with Gasteiger partial charge in [0.2, 0.25) is 0 Å². The third-order valence-electron chi connectivity index (χ3n) is 3.91. The van der Waals surface area contributed by atoms with Gasteiger partial charge in [-0.3, -0.25) is 10.1 Å². The summed E-state index contributed by atoms with van der Waals surface area (Å²) in [6.45, 7) is 0. The summed E-state index contributed by atoms with van der Waals surface area (Å²) in [4.78, 5) is 17.4. The lowest BCUT2D eigenvalue weighted by atomic mass is 10.2. The zero-order valence-electron chi connectivity index (χ0n) is 14.5. The van der Waals surface area contributed by atoms with Crippen LogP contribution in [0.2, 0.25) is 15.1 Å². The minimum absolute atomic E-state index is 0.110. The Hall–Kier alpha value is -1.68. The van der Waals surface area contributed by atoms with Crippen LogP contribution in [0.4, 0.5) is 5.13 Å². The van der Waals surface area contributed by atoms with Gasteiger partial charge in [-0.15, -0.1) is 11.3 Å². The summed E-state index contributed by atoms with van der Waals surface area (Å²) < 4.78 is 6.90. The van der Waals surface area contributed by atoms with Crippen molar-refractivity contribution in [1.29, 1.82) is 0 Å². The van der Waals surface area contributed by atoms with Crippen molar-refractivity contribution in [2.75, 3.05) is 12.4 Å². The van der Waals surface area contributed by atoms with E-state index >= 15 is 0 Å². The van der Waals surface area contributed by atoms with Gasteiger partial charge in [0.05, 0.1) is 27.4 Å². The molecule has 148 valence electrons. The molecule has 0 aliphatic carbocycles. The number of carbonyl (C=O) groups is 1. The molecular formula is C18H10Cl3N3O2S3. The molecule has 29 heavy (non-hydrogen) atoms. The molecule has 0 atom stereocenters. The van der Waals surface area contributed by atoms with Gasteiger partial charge >= 0.3 is 0 Å². The second-order valence-electron chi connectivity index (χ2n) is 5.77. The fraction of sp³-hybridized carbons (Fsp3) is 0.0556. The SMILES string of the molecule is COc1cc2sc(NC(=S)NC(=O)c3sc4cc(Cl)ccc4c3Cl)nc2cc1Cl. The molecule has 0 radical (unpaired) electrons. The van der Waals surface area contributed by atoms with E-state index in [2.05, 4.69) is 15.6 Å². The number of hydrogen-bond donors (Lipinski definition) is 2. The van der Waals surface area contributed by atoms with Gasteiger partial charge in [0.15, 0.2) is 10.2 Å². The number of methoxy groups -OCH3 is 1. The molecule has 0 unspecified atom stereocenters. The summed E-state index contributed by atoms with van der Waals surface area (Å²) in [6, 6.07) is 8.78. The van der Waals surface area contributed by atoms with Crippen LogP contribution in [-0.4, -0.2) is 23.1 Å². The van der Waals surface area contributed by atoms with Gasteiger partial charge < -0.3 is 10.1 Å². The Morgan fingerprint density at radius 3 is 2.69 bits per heavy atom. The predicted octanol–water partition coefficient (Wildman–Crippen LogP) is 6.61. The first-order valence-corrected chi connectivity index (χ1v) is 11.2. The molecule has 1 amide bonds. The maximum atomic E-state index is 12.6. The first kappa shape index (κ1) is 20.6. The highest BCUT2D eigenvalue weighted by molar-refractivity contribution is 7.80. The second-order valence-corrected chi connectivity index (χ2v) is 9.48. The van der Waals surface area contributed by atoms with Crippen LogP contribution in [0.3, 0.4) is 0 Å². The van der Waals surface area contributed by atoms with Gasteiger partial charge in [-0.05, 0) is 30.4 Å². The second kappa shape index (κ2) is 8.22. The van der Waals surface area contributed by atoms with Crippen molar-refractivity contribution in [2.24, 2.45) is 0 Å². The molecular weight excluding hydrogens is 493 g/mol. The average molecular weight is 503 g/mol. The van der Waals surface area contributed by atoms with Crippen molar-refractivity contribution in [3.8, 4) is 5.75 Å². The Bertz CT molecular complexity index is 1290. The lowest BCUT2D eigenvalue weighted by Crippen LogP contribution is -2.33. The number of fused-ring (bicyclic) bond motifs is 2. The van der Waals surface area contributed by atoms with Gasteiger partial charge in [0.1, 0.15) is 10.6 Å². The van der Waals surface area contributed by atoms with Crippen LogP contribution in [0.15, 0.2) is 30.3 Å². The van der Waals surface area contributed by atoms with Crippen LogP contribution in [0.1, 0.15) is 9.67 Å². The third kappa shape index (κ3) is 4.14. The van der Waals surface area contributed by atoms with E-state index in [1.54, 1.807) is 37.4 Å². The first-order chi connectivity index (χ1) is 13.9. The fourth-order valence-electron chi connectivity index (χ4n) is 2.61. The van der Waals surface area contributed by atoms with E-state index in [4.69, 9.17) is 51.8 Å². The Balaban J connectivity index is 1.52. The molecule has 0 aliphatic heterocycles. The normalized spacial score (nSPS) is 11.0. The molecule has 2 heterocycles. The number of amides is 1. The minimum Gasteiger partial charge on any atom is -0.495 e. The Labute approximate surface area is 193 Å². The zero-order chi connectivity index (χ0) is 20.7. The van der Waals surface area contributed by atoms with Crippen molar-refractivity contribution in [3.05, 3.63) is 50.3 Å². The van der Waals surface area contributed by atoms with Crippen LogP contribution in [0.5, 0.6) is 5.75 Å². The highest BCUT2D eigenvalue weighted by atomic mass is 35.5. The summed E-state index contributed by atoms with van der Waals surface area (Å²) in [7, 11) is 1.55. The number of thiazole rings is 1. The summed E-state index contributed by atoms with van der Waals surface area (Å²) in [5.74, 6) is 0.153. The number of ether oxygens (including phenoxy) is 1. The molecule has 0 aliphatic rings. The lowest BCUT2D eigenvalue weighted by molar-refractivity contribution is 0.0982. The quantitative estimate of drug-likeness (QED) is 0.309. The maximum Gasteiger partial charge on any atom is 0.269 e. The summed E-state index contributed by atoms with van der Waals surface area (Å²) in [6.07, 6.45) is 0. The highest BCUT2D eigenvalue weighted by Gasteiger charge is 2.19. The Kier molecular flexibility index (Phi) is 5.83. The first-order valence-electron chi connectivity index (χ1n) is 7.99. The lowest BCUT2D eigenvalue weighted by Gasteiger charge is -2.06. The molecule has 11 heteroatoms. The monoisotopic (exact) mass is 501 g/mol. The van der Waals surface area contributed by atoms with Crippen LogP contribution >= 0.6 is 69.7 Å². The van der Waals surface area contributed by atoms with Crippen LogP contribution < -0.4 is 15.4 Å². The van der Waals surface area contributed by atoms with E-state index in [1.807, 2.05) is 0 Å². The topological polar surface area (TPSA) is 63.2 Å². The van der Waals surface area contributed by atoms with Gasteiger partial charge in [-0.25, -0.2) is 4.98 Å². The standard InChI is InChI=1S/C18H10Cl3N3O2S3/c1-26-11-6-13-10(5-9(11)20)22-18(29-13)24-17(27)23-16(25)15-14(21)8-3-2-7(19)4-12(8)28-15/h2-6H,1H3,(H2,22,23,24,25,27). The summed E-state index contributed by atoms with van der Waals surface area (Å²) in [5, 5.41) is 8.34. The Morgan fingerprint density at radius 2 is 1.93 bits per heavy atom. The zero-order valence-corrected chi connectivity index (χ0v) is 19.2. The summed E-state index contributed by atoms with van der Waals surface area (Å²) in [5.41, 5.74) is 0.696. The summed E-state index contributed by atoms with van der Waals surface area (Å²) >= 11 is 26.3. The van der Waals surface area contributed by atoms with E-state index in [0.717, 1.165) is 14.8 Å². The minimum atomic E-state index is -0.407. The molecule has 2 aromatic heterocycles. The average Bonchev–Trinajstić information content (AvgIpc) is 3.20. The molecule has 0 fully saturated rings. The smallest absolute Gasteiger partial charge is 0.269 e. The largest absolute Gasteiger partial charge is 0.495 e. The fourth-order valence-corrected chi connectivity index (χ4v) is 5.67. The maximum absolute atomic E-state index is 12.6. The predicted molar refractivity (Wildman–Crippen MR) is 127 cm³/mol. The van der Waals surface area contributed by atoms with Crippen molar-refractivity contribution >= 4 is 106 Å². The number of hydrogen-bond acceptors (Lipinski definition) is 6. The number of nitrogens with one attached hydrogen (secondary N) is 2. The van der Waals surface area contributed by atoms with Crippen molar-refractivity contribution in [3.63, 3.8) is 0 Å². The number of halogens is 3. The molecule has 5 nitrogen and oxygen atoms in total. The number of thiocarbonyl (C=S) groups is 1. The van der Waals surface area contributed by atoms with Crippen molar-refractivity contribution < 1.29 is 9.53 Å². The highest BCUT2D eigenvalue weighted by Crippen LogP contribution is 2.37. The van der Waals surface area contributed by atoms with E-state index < -0.39 is 5.91 Å². The Morgan fingerprint density at radius 1 is 1.14 bits per heavy atom. The van der Waals surface area contributed by atoms with Crippen LogP contribution in [-0.2, 0) is 0 Å². The van der Waals surface area contributed by atoms with E-state index in [1.165, 1.54) is 22.7 Å².